The summed E-state index contributed by atoms with van der Waals surface area (Å²) in [7, 11) is 0. The molecule has 0 heterocycles. The van der Waals surface area contributed by atoms with E-state index in [2.05, 4.69) is 30.4 Å². The number of carbonyl (C=O) groups is 1. The van der Waals surface area contributed by atoms with Crippen LogP contribution in [0.5, 0.6) is 0 Å². The van der Waals surface area contributed by atoms with Crippen LogP contribution in [0.3, 0.4) is 0 Å². The highest BCUT2D eigenvalue weighted by Crippen LogP contribution is 2.08. The SMILES string of the molecule is Cc1ccccc1CCNCc1cccc(C(=O)O)c1. The highest BCUT2D eigenvalue weighted by molar-refractivity contribution is 5.87. The van der Waals surface area contributed by atoms with Gasteiger partial charge in [0.25, 0.3) is 0 Å². The zero-order chi connectivity index (χ0) is 14.4. The van der Waals surface area contributed by atoms with Gasteiger partial charge in [0.15, 0.2) is 0 Å². The van der Waals surface area contributed by atoms with Gasteiger partial charge in [-0.25, -0.2) is 4.79 Å². The molecule has 0 amide bonds. The molecule has 2 aromatic carbocycles. The third-order valence-corrected chi connectivity index (χ3v) is 3.34. The Bertz CT molecular complexity index is 593. The van der Waals surface area contributed by atoms with E-state index in [9.17, 15) is 4.79 Å². The van der Waals surface area contributed by atoms with Gasteiger partial charge in [0, 0.05) is 6.54 Å². The van der Waals surface area contributed by atoms with Crippen molar-refractivity contribution in [2.24, 2.45) is 0 Å². The van der Waals surface area contributed by atoms with Crippen molar-refractivity contribution in [1.82, 2.24) is 5.32 Å². The van der Waals surface area contributed by atoms with Crippen molar-refractivity contribution < 1.29 is 9.90 Å². The Morgan fingerprint density at radius 3 is 2.70 bits per heavy atom. The van der Waals surface area contributed by atoms with E-state index in [1.54, 1.807) is 18.2 Å². The van der Waals surface area contributed by atoms with Gasteiger partial charge in [-0.05, 0) is 48.7 Å². The molecular weight excluding hydrogens is 250 g/mol. The monoisotopic (exact) mass is 269 g/mol. The average molecular weight is 269 g/mol. The molecular formula is C17H19NO2. The van der Waals surface area contributed by atoms with Gasteiger partial charge in [-0.2, -0.15) is 0 Å². The molecule has 0 bridgehead atoms. The number of rotatable bonds is 6. The van der Waals surface area contributed by atoms with E-state index in [1.807, 2.05) is 12.1 Å². The summed E-state index contributed by atoms with van der Waals surface area (Å²) in [5.41, 5.74) is 3.99. The van der Waals surface area contributed by atoms with Crippen LogP contribution in [-0.4, -0.2) is 17.6 Å². The third kappa shape index (κ3) is 3.93. The Kier molecular flexibility index (Phi) is 4.91. The van der Waals surface area contributed by atoms with E-state index in [-0.39, 0.29) is 0 Å². The first-order valence-corrected chi connectivity index (χ1v) is 6.74. The van der Waals surface area contributed by atoms with Crippen molar-refractivity contribution in [3.8, 4) is 0 Å². The molecule has 3 nitrogen and oxygen atoms in total. The average Bonchev–Trinajstić information content (AvgIpc) is 2.45. The summed E-state index contributed by atoms with van der Waals surface area (Å²) in [6.07, 6.45) is 0.977. The van der Waals surface area contributed by atoms with Gasteiger partial charge in [0.1, 0.15) is 0 Å². The van der Waals surface area contributed by atoms with E-state index < -0.39 is 5.97 Å². The number of aromatic carboxylic acids is 1. The van der Waals surface area contributed by atoms with Gasteiger partial charge < -0.3 is 10.4 Å². The quantitative estimate of drug-likeness (QED) is 0.792. The Labute approximate surface area is 119 Å². The second-order valence-electron chi connectivity index (χ2n) is 4.86. The maximum atomic E-state index is 10.9. The topological polar surface area (TPSA) is 49.3 Å². The normalized spacial score (nSPS) is 10.4. The number of carboxylic acid groups (broad SMARTS) is 1. The minimum atomic E-state index is -0.883. The molecule has 3 heteroatoms. The smallest absolute Gasteiger partial charge is 0.335 e. The fourth-order valence-electron chi connectivity index (χ4n) is 2.16. The molecule has 0 aliphatic rings. The lowest BCUT2D eigenvalue weighted by Gasteiger charge is -2.08. The Balaban J connectivity index is 1.83. The van der Waals surface area contributed by atoms with E-state index in [4.69, 9.17) is 5.11 Å². The number of hydrogen-bond donors (Lipinski definition) is 2. The molecule has 0 aliphatic carbocycles. The van der Waals surface area contributed by atoms with Crippen molar-refractivity contribution in [3.63, 3.8) is 0 Å². The molecule has 0 spiro atoms. The van der Waals surface area contributed by atoms with Gasteiger partial charge in [0.2, 0.25) is 0 Å². The molecule has 0 radical (unpaired) electrons. The summed E-state index contributed by atoms with van der Waals surface area (Å²) in [5.74, 6) is -0.883. The Hall–Kier alpha value is -2.13. The van der Waals surface area contributed by atoms with Crippen LogP contribution >= 0.6 is 0 Å². The van der Waals surface area contributed by atoms with Gasteiger partial charge in [-0.3, -0.25) is 0 Å². The van der Waals surface area contributed by atoms with Crippen LogP contribution in [0, 0.1) is 6.92 Å². The van der Waals surface area contributed by atoms with Crippen molar-refractivity contribution in [2.45, 2.75) is 19.9 Å². The summed E-state index contributed by atoms with van der Waals surface area (Å²) < 4.78 is 0. The Morgan fingerprint density at radius 2 is 1.95 bits per heavy atom. The zero-order valence-electron chi connectivity index (χ0n) is 11.6. The highest BCUT2D eigenvalue weighted by Gasteiger charge is 2.03. The molecule has 0 fully saturated rings. The molecule has 20 heavy (non-hydrogen) atoms. The molecule has 2 aromatic rings. The summed E-state index contributed by atoms with van der Waals surface area (Å²) in [6, 6.07) is 15.4. The van der Waals surface area contributed by atoms with Gasteiger partial charge >= 0.3 is 5.97 Å². The molecule has 104 valence electrons. The van der Waals surface area contributed by atoms with Crippen molar-refractivity contribution in [1.29, 1.82) is 0 Å². The zero-order valence-corrected chi connectivity index (χ0v) is 11.6. The lowest BCUT2D eigenvalue weighted by atomic mass is 10.1. The van der Waals surface area contributed by atoms with Crippen LogP contribution in [0.15, 0.2) is 48.5 Å². The van der Waals surface area contributed by atoms with E-state index in [0.29, 0.717) is 12.1 Å². The molecule has 2 N–H and O–H groups in total. The van der Waals surface area contributed by atoms with Crippen LogP contribution in [0.4, 0.5) is 0 Å². The standard InChI is InChI=1S/C17H19NO2/c1-13-5-2-3-7-15(13)9-10-18-12-14-6-4-8-16(11-14)17(19)20/h2-8,11,18H,9-10,12H2,1H3,(H,19,20). The van der Waals surface area contributed by atoms with Crippen molar-refractivity contribution in [2.75, 3.05) is 6.54 Å². The van der Waals surface area contributed by atoms with Gasteiger partial charge in [-0.15, -0.1) is 0 Å². The fraction of sp³-hybridized carbons (Fsp3) is 0.235. The van der Waals surface area contributed by atoms with Crippen molar-refractivity contribution >= 4 is 5.97 Å². The highest BCUT2D eigenvalue weighted by atomic mass is 16.4. The third-order valence-electron chi connectivity index (χ3n) is 3.34. The van der Waals surface area contributed by atoms with Crippen LogP contribution in [0.25, 0.3) is 0 Å². The molecule has 0 aliphatic heterocycles. The van der Waals surface area contributed by atoms with Gasteiger partial charge in [-0.1, -0.05) is 36.4 Å². The van der Waals surface area contributed by atoms with Crippen LogP contribution in [0.2, 0.25) is 0 Å². The predicted octanol–water partition coefficient (Wildman–Crippen LogP) is 3.03. The van der Waals surface area contributed by atoms with E-state index >= 15 is 0 Å². The molecule has 0 aromatic heterocycles. The minimum Gasteiger partial charge on any atom is -0.478 e. The van der Waals surface area contributed by atoms with E-state index in [1.165, 1.54) is 11.1 Å². The summed E-state index contributed by atoms with van der Waals surface area (Å²) in [5, 5.41) is 12.3. The van der Waals surface area contributed by atoms with Crippen LogP contribution in [-0.2, 0) is 13.0 Å². The maximum Gasteiger partial charge on any atom is 0.335 e. The lowest BCUT2D eigenvalue weighted by molar-refractivity contribution is 0.0696. The minimum absolute atomic E-state index is 0.336. The van der Waals surface area contributed by atoms with Crippen LogP contribution < -0.4 is 5.32 Å². The first kappa shape index (κ1) is 14.3. The van der Waals surface area contributed by atoms with E-state index in [0.717, 1.165) is 18.5 Å². The Morgan fingerprint density at radius 1 is 1.15 bits per heavy atom. The fourth-order valence-corrected chi connectivity index (χ4v) is 2.16. The number of hydrogen-bond acceptors (Lipinski definition) is 2. The first-order valence-electron chi connectivity index (χ1n) is 6.74. The molecule has 0 unspecified atom stereocenters. The number of aryl methyl sites for hydroxylation is 1. The largest absolute Gasteiger partial charge is 0.478 e. The molecule has 0 saturated heterocycles. The summed E-state index contributed by atoms with van der Waals surface area (Å²) >= 11 is 0. The lowest BCUT2D eigenvalue weighted by Crippen LogP contribution is -2.17. The summed E-state index contributed by atoms with van der Waals surface area (Å²) in [6.45, 7) is 3.68. The number of carboxylic acids is 1. The van der Waals surface area contributed by atoms with Crippen LogP contribution in [0.1, 0.15) is 27.0 Å². The first-order chi connectivity index (χ1) is 9.66. The number of benzene rings is 2. The predicted molar refractivity (Wildman–Crippen MR) is 80.0 cm³/mol. The second-order valence-corrected chi connectivity index (χ2v) is 4.86. The number of nitrogens with one attached hydrogen (secondary N) is 1. The molecule has 0 saturated carbocycles. The molecule has 0 atom stereocenters. The van der Waals surface area contributed by atoms with Crippen molar-refractivity contribution in [3.05, 3.63) is 70.8 Å². The molecule has 2 rings (SSSR count). The van der Waals surface area contributed by atoms with Gasteiger partial charge in [0.05, 0.1) is 5.56 Å². The maximum absolute atomic E-state index is 10.9. The second kappa shape index (κ2) is 6.87. The summed E-state index contributed by atoms with van der Waals surface area (Å²) in [4.78, 5) is 10.9.